The average molecular weight is 264 g/mol. The summed E-state index contributed by atoms with van der Waals surface area (Å²) in [6.07, 6.45) is 0.229. The number of rotatable bonds is 7. The minimum absolute atomic E-state index is 0.0111. The molecule has 0 fully saturated rings. The first-order chi connectivity index (χ1) is 9.11. The molecule has 0 bridgehead atoms. The van der Waals surface area contributed by atoms with Crippen molar-refractivity contribution in [3.63, 3.8) is 0 Å². The van der Waals surface area contributed by atoms with E-state index in [-0.39, 0.29) is 24.8 Å². The molecule has 104 valence electrons. The lowest BCUT2D eigenvalue weighted by Gasteiger charge is -2.07. The van der Waals surface area contributed by atoms with Gasteiger partial charge in [0.1, 0.15) is 5.75 Å². The minimum Gasteiger partial charge on any atom is -0.493 e. The summed E-state index contributed by atoms with van der Waals surface area (Å²) in [7, 11) is 0. The molecule has 0 radical (unpaired) electrons. The number of aryl methyl sites for hydroxylation is 1. The summed E-state index contributed by atoms with van der Waals surface area (Å²) in [5, 5.41) is 5.13. The highest BCUT2D eigenvalue weighted by Gasteiger charge is 2.04. The van der Waals surface area contributed by atoms with Gasteiger partial charge in [-0.15, -0.1) is 0 Å². The SMILES string of the molecule is CCNC(=O)CNC(=O)CCOc1ccc(C)cc1. The van der Waals surface area contributed by atoms with Crippen LogP contribution in [0.5, 0.6) is 5.75 Å². The van der Waals surface area contributed by atoms with E-state index in [1.165, 1.54) is 0 Å². The van der Waals surface area contributed by atoms with Crippen LogP contribution in [0.1, 0.15) is 18.9 Å². The molecule has 0 saturated heterocycles. The first-order valence-electron chi connectivity index (χ1n) is 6.34. The van der Waals surface area contributed by atoms with Crippen LogP contribution < -0.4 is 15.4 Å². The van der Waals surface area contributed by atoms with Gasteiger partial charge in [-0.25, -0.2) is 0 Å². The Hall–Kier alpha value is -2.04. The van der Waals surface area contributed by atoms with Gasteiger partial charge in [0, 0.05) is 6.54 Å². The van der Waals surface area contributed by atoms with E-state index in [0.29, 0.717) is 13.2 Å². The molecule has 2 amide bonds. The summed E-state index contributed by atoms with van der Waals surface area (Å²) in [4.78, 5) is 22.5. The Kier molecular flexibility index (Phi) is 6.43. The minimum atomic E-state index is -0.196. The zero-order chi connectivity index (χ0) is 14.1. The molecule has 0 unspecified atom stereocenters. The summed E-state index contributed by atoms with van der Waals surface area (Å²) in [6.45, 7) is 4.69. The average Bonchev–Trinajstić information content (AvgIpc) is 2.39. The highest BCUT2D eigenvalue weighted by Crippen LogP contribution is 2.11. The topological polar surface area (TPSA) is 67.4 Å². The fraction of sp³-hybridized carbons (Fsp3) is 0.429. The van der Waals surface area contributed by atoms with E-state index < -0.39 is 0 Å². The number of hydrogen-bond donors (Lipinski definition) is 2. The van der Waals surface area contributed by atoms with Crippen LogP contribution >= 0.6 is 0 Å². The van der Waals surface area contributed by atoms with E-state index in [4.69, 9.17) is 4.74 Å². The van der Waals surface area contributed by atoms with Crippen LogP contribution in [-0.2, 0) is 9.59 Å². The lowest BCUT2D eigenvalue weighted by molar-refractivity contribution is -0.126. The molecule has 5 heteroatoms. The van der Waals surface area contributed by atoms with Crippen molar-refractivity contribution in [1.29, 1.82) is 0 Å². The summed E-state index contributed by atoms with van der Waals surface area (Å²) in [6, 6.07) is 7.62. The van der Waals surface area contributed by atoms with Crippen molar-refractivity contribution in [3.05, 3.63) is 29.8 Å². The molecule has 0 aliphatic heterocycles. The van der Waals surface area contributed by atoms with Gasteiger partial charge < -0.3 is 15.4 Å². The third-order valence-electron chi connectivity index (χ3n) is 2.44. The van der Waals surface area contributed by atoms with Crippen molar-refractivity contribution in [3.8, 4) is 5.75 Å². The second kappa shape index (κ2) is 8.13. The van der Waals surface area contributed by atoms with Crippen LogP contribution in [0.25, 0.3) is 0 Å². The molecule has 0 saturated carbocycles. The van der Waals surface area contributed by atoms with Gasteiger partial charge in [-0.05, 0) is 26.0 Å². The summed E-state index contributed by atoms with van der Waals surface area (Å²) >= 11 is 0. The monoisotopic (exact) mass is 264 g/mol. The van der Waals surface area contributed by atoms with Gasteiger partial charge in [-0.2, -0.15) is 0 Å². The van der Waals surface area contributed by atoms with Gasteiger partial charge in [-0.1, -0.05) is 17.7 Å². The smallest absolute Gasteiger partial charge is 0.239 e. The third kappa shape index (κ3) is 6.45. The Morgan fingerprint density at radius 2 is 1.79 bits per heavy atom. The lowest BCUT2D eigenvalue weighted by Crippen LogP contribution is -2.37. The fourth-order valence-electron chi connectivity index (χ4n) is 1.42. The van der Waals surface area contributed by atoms with Crippen LogP contribution in [0, 0.1) is 6.92 Å². The standard InChI is InChI=1S/C14H20N2O3/c1-3-15-14(18)10-16-13(17)8-9-19-12-6-4-11(2)5-7-12/h4-7H,3,8-10H2,1-2H3,(H,15,18)(H,16,17). The molecule has 0 heterocycles. The highest BCUT2D eigenvalue weighted by atomic mass is 16.5. The van der Waals surface area contributed by atoms with Crippen molar-refractivity contribution in [2.45, 2.75) is 20.3 Å². The van der Waals surface area contributed by atoms with Gasteiger partial charge in [0.25, 0.3) is 0 Å². The molecule has 0 spiro atoms. The van der Waals surface area contributed by atoms with Crippen molar-refractivity contribution in [2.24, 2.45) is 0 Å². The molecular weight excluding hydrogens is 244 g/mol. The number of carbonyl (C=O) groups is 2. The Balaban J connectivity index is 2.16. The maximum Gasteiger partial charge on any atom is 0.239 e. The maximum absolute atomic E-state index is 11.4. The van der Waals surface area contributed by atoms with Gasteiger partial charge in [0.05, 0.1) is 19.6 Å². The summed E-state index contributed by atoms with van der Waals surface area (Å²) in [5.41, 5.74) is 1.16. The van der Waals surface area contributed by atoms with Crippen LogP contribution in [-0.4, -0.2) is 31.5 Å². The van der Waals surface area contributed by atoms with Gasteiger partial charge >= 0.3 is 0 Å². The summed E-state index contributed by atoms with van der Waals surface area (Å²) < 4.78 is 5.42. The van der Waals surface area contributed by atoms with Gasteiger partial charge in [0.15, 0.2) is 0 Å². The number of nitrogens with one attached hydrogen (secondary N) is 2. The van der Waals surface area contributed by atoms with Gasteiger partial charge in [0.2, 0.25) is 11.8 Å². The number of benzene rings is 1. The number of amides is 2. The van der Waals surface area contributed by atoms with Crippen LogP contribution in [0.2, 0.25) is 0 Å². The second-order valence-electron chi connectivity index (χ2n) is 4.14. The van der Waals surface area contributed by atoms with E-state index >= 15 is 0 Å². The molecule has 0 atom stereocenters. The van der Waals surface area contributed by atoms with E-state index in [9.17, 15) is 9.59 Å². The Bertz CT molecular complexity index is 415. The first kappa shape index (κ1) is 15.0. The van der Waals surface area contributed by atoms with E-state index in [1.807, 2.05) is 38.1 Å². The molecule has 1 aromatic carbocycles. The fourth-order valence-corrected chi connectivity index (χ4v) is 1.42. The van der Waals surface area contributed by atoms with Crippen molar-refractivity contribution < 1.29 is 14.3 Å². The largest absolute Gasteiger partial charge is 0.493 e. The molecule has 0 aliphatic carbocycles. The third-order valence-corrected chi connectivity index (χ3v) is 2.44. The van der Waals surface area contributed by atoms with Crippen LogP contribution in [0.4, 0.5) is 0 Å². The number of carbonyl (C=O) groups excluding carboxylic acids is 2. The quantitative estimate of drug-likeness (QED) is 0.772. The molecule has 1 aromatic rings. The molecule has 5 nitrogen and oxygen atoms in total. The normalized spacial score (nSPS) is 9.79. The number of likely N-dealkylation sites (N-methyl/N-ethyl adjacent to an activating group) is 1. The van der Waals surface area contributed by atoms with Crippen LogP contribution in [0.15, 0.2) is 24.3 Å². The first-order valence-corrected chi connectivity index (χ1v) is 6.34. The van der Waals surface area contributed by atoms with Crippen molar-refractivity contribution in [2.75, 3.05) is 19.7 Å². The van der Waals surface area contributed by atoms with E-state index in [2.05, 4.69) is 10.6 Å². The molecular formula is C14H20N2O3. The summed E-state index contributed by atoms with van der Waals surface area (Å²) in [5.74, 6) is 0.357. The maximum atomic E-state index is 11.4. The molecule has 0 aliphatic rings. The molecule has 19 heavy (non-hydrogen) atoms. The van der Waals surface area contributed by atoms with E-state index in [0.717, 1.165) is 11.3 Å². The molecule has 1 rings (SSSR count). The second-order valence-corrected chi connectivity index (χ2v) is 4.14. The molecule has 2 N–H and O–H groups in total. The van der Waals surface area contributed by atoms with Crippen molar-refractivity contribution in [1.82, 2.24) is 10.6 Å². The van der Waals surface area contributed by atoms with Gasteiger partial charge in [-0.3, -0.25) is 9.59 Å². The molecule has 0 aromatic heterocycles. The predicted octanol–water partition coefficient (Wildman–Crippen LogP) is 1.02. The zero-order valence-electron chi connectivity index (χ0n) is 11.4. The number of ether oxygens (including phenoxy) is 1. The highest BCUT2D eigenvalue weighted by molar-refractivity contribution is 5.84. The van der Waals surface area contributed by atoms with E-state index in [1.54, 1.807) is 0 Å². The van der Waals surface area contributed by atoms with Crippen LogP contribution in [0.3, 0.4) is 0 Å². The Morgan fingerprint density at radius 1 is 1.11 bits per heavy atom. The Morgan fingerprint density at radius 3 is 2.42 bits per heavy atom. The Labute approximate surface area is 113 Å². The van der Waals surface area contributed by atoms with Crippen molar-refractivity contribution >= 4 is 11.8 Å². The zero-order valence-corrected chi connectivity index (χ0v) is 11.4. The lowest BCUT2D eigenvalue weighted by atomic mass is 10.2. The number of hydrogen-bond acceptors (Lipinski definition) is 3. The predicted molar refractivity (Wildman–Crippen MR) is 73.0 cm³/mol.